The molecule has 0 atom stereocenters. The number of guanidine groups is 1. The maximum Gasteiger partial charge on any atom is 0.194 e. The van der Waals surface area contributed by atoms with Gasteiger partial charge in [0.25, 0.3) is 0 Å². The van der Waals surface area contributed by atoms with Crippen molar-refractivity contribution in [2.75, 3.05) is 37.6 Å². The third-order valence-electron chi connectivity index (χ3n) is 5.14. The van der Waals surface area contributed by atoms with E-state index < -0.39 is 0 Å². The fraction of sp³-hybridized carbons (Fsp3) is 0.381. The first-order chi connectivity index (χ1) is 13.8. The number of aryl methyl sites for hydroxylation is 1. The lowest BCUT2D eigenvalue weighted by Gasteiger charge is -2.37. The van der Waals surface area contributed by atoms with Crippen molar-refractivity contribution in [3.05, 3.63) is 54.5 Å². The molecule has 0 radical (unpaired) electrons. The van der Waals surface area contributed by atoms with Gasteiger partial charge in [0.15, 0.2) is 5.96 Å². The van der Waals surface area contributed by atoms with Crippen molar-refractivity contribution < 1.29 is 0 Å². The summed E-state index contributed by atoms with van der Waals surface area (Å²) in [7, 11) is 2.05. The molecule has 0 unspecified atom stereocenters. The first-order valence-electron chi connectivity index (χ1n) is 9.86. The van der Waals surface area contributed by atoms with Gasteiger partial charge in [-0.3, -0.25) is 0 Å². The summed E-state index contributed by atoms with van der Waals surface area (Å²) < 4.78 is 2.13. The van der Waals surface area contributed by atoms with Gasteiger partial charge in [0.1, 0.15) is 18.2 Å². The monoisotopic (exact) mass is 377 g/mol. The fourth-order valence-electron chi connectivity index (χ4n) is 3.60. The van der Waals surface area contributed by atoms with Crippen molar-refractivity contribution in [1.82, 2.24) is 24.8 Å². The highest BCUT2D eigenvalue weighted by Crippen LogP contribution is 2.16. The molecule has 1 aliphatic heterocycles. The molecule has 0 saturated carbocycles. The number of aromatic nitrogens is 3. The number of fused-ring (bicyclic) bond motifs is 1. The van der Waals surface area contributed by atoms with Crippen molar-refractivity contribution >= 4 is 22.8 Å². The summed E-state index contributed by atoms with van der Waals surface area (Å²) in [4.78, 5) is 18.7. The molecule has 7 nitrogen and oxygen atoms in total. The van der Waals surface area contributed by atoms with Crippen molar-refractivity contribution in [2.24, 2.45) is 12.0 Å². The molecule has 3 heterocycles. The molecule has 1 saturated heterocycles. The molecule has 1 fully saturated rings. The summed E-state index contributed by atoms with van der Waals surface area (Å²) in [6.45, 7) is 7.24. The molecule has 4 rings (SSSR count). The number of nitrogens with one attached hydrogen (secondary N) is 1. The Morgan fingerprint density at radius 1 is 1.07 bits per heavy atom. The minimum atomic E-state index is 0.563. The van der Waals surface area contributed by atoms with E-state index in [4.69, 9.17) is 9.98 Å². The van der Waals surface area contributed by atoms with Gasteiger partial charge in [0.05, 0.1) is 11.0 Å². The van der Waals surface area contributed by atoms with E-state index in [-0.39, 0.29) is 0 Å². The Bertz CT molecular complexity index is 940. The van der Waals surface area contributed by atoms with E-state index in [9.17, 15) is 0 Å². The summed E-state index contributed by atoms with van der Waals surface area (Å²) in [6.07, 6.45) is 1.85. The summed E-state index contributed by atoms with van der Waals surface area (Å²) in [5.41, 5.74) is 2.16. The van der Waals surface area contributed by atoms with Crippen LogP contribution in [-0.4, -0.2) is 58.1 Å². The highest BCUT2D eigenvalue weighted by molar-refractivity contribution is 5.80. The molecule has 1 aromatic carbocycles. The molecule has 1 aliphatic rings. The zero-order valence-electron chi connectivity index (χ0n) is 16.5. The third-order valence-corrected chi connectivity index (χ3v) is 5.14. The van der Waals surface area contributed by atoms with E-state index in [0.717, 1.165) is 61.4 Å². The van der Waals surface area contributed by atoms with Crippen molar-refractivity contribution in [1.29, 1.82) is 0 Å². The zero-order valence-corrected chi connectivity index (χ0v) is 16.5. The van der Waals surface area contributed by atoms with Crippen molar-refractivity contribution in [3.63, 3.8) is 0 Å². The van der Waals surface area contributed by atoms with Crippen LogP contribution in [0.15, 0.2) is 53.7 Å². The molecular weight excluding hydrogens is 350 g/mol. The maximum atomic E-state index is 4.88. The van der Waals surface area contributed by atoms with Crippen LogP contribution >= 0.6 is 0 Å². The van der Waals surface area contributed by atoms with Gasteiger partial charge in [-0.05, 0) is 31.2 Å². The van der Waals surface area contributed by atoms with Crippen LogP contribution in [0.2, 0.25) is 0 Å². The van der Waals surface area contributed by atoms with Crippen LogP contribution in [0.25, 0.3) is 11.0 Å². The van der Waals surface area contributed by atoms with E-state index >= 15 is 0 Å². The molecule has 3 aromatic rings. The van der Waals surface area contributed by atoms with E-state index in [2.05, 4.69) is 50.8 Å². The topological polar surface area (TPSA) is 61.6 Å². The van der Waals surface area contributed by atoms with Crippen LogP contribution in [-0.2, 0) is 13.6 Å². The number of anilines is 1. The predicted molar refractivity (Wildman–Crippen MR) is 114 cm³/mol. The second kappa shape index (κ2) is 8.29. The summed E-state index contributed by atoms with van der Waals surface area (Å²) in [5, 5.41) is 3.44. The largest absolute Gasteiger partial charge is 0.357 e. The number of imidazole rings is 1. The maximum absolute atomic E-state index is 4.88. The molecule has 0 spiro atoms. The predicted octanol–water partition coefficient (Wildman–Crippen LogP) is 2.26. The average Bonchev–Trinajstić information content (AvgIpc) is 3.08. The number of nitrogens with zero attached hydrogens (tertiary/aromatic N) is 6. The van der Waals surface area contributed by atoms with Gasteiger partial charge in [0, 0.05) is 46.0 Å². The van der Waals surface area contributed by atoms with Crippen LogP contribution in [0.5, 0.6) is 0 Å². The van der Waals surface area contributed by atoms with Crippen molar-refractivity contribution in [3.8, 4) is 0 Å². The Morgan fingerprint density at radius 2 is 1.86 bits per heavy atom. The molecule has 0 bridgehead atoms. The van der Waals surface area contributed by atoms with Gasteiger partial charge in [-0.15, -0.1) is 0 Å². The Hall–Kier alpha value is -3.09. The summed E-state index contributed by atoms with van der Waals surface area (Å²) in [6, 6.07) is 14.3. The molecule has 1 N–H and O–H groups in total. The lowest BCUT2D eigenvalue weighted by molar-refractivity contribution is 0.371. The Morgan fingerprint density at radius 3 is 2.57 bits per heavy atom. The normalized spacial score (nSPS) is 15.3. The second-order valence-electron chi connectivity index (χ2n) is 6.91. The van der Waals surface area contributed by atoms with Crippen LogP contribution < -0.4 is 10.2 Å². The van der Waals surface area contributed by atoms with E-state index in [1.807, 2.05) is 36.5 Å². The standard InChI is InChI=1S/C21H27N7/c1-3-22-21(24-16-20-25-17-8-4-5-9-18(17)26(20)2)28-14-12-27(13-15-28)19-10-6-7-11-23-19/h4-11H,3,12-16H2,1-2H3,(H,22,24). The average molecular weight is 377 g/mol. The molecule has 0 amide bonds. The highest BCUT2D eigenvalue weighted by atomic mass is 15.4. The van der Waals surface area contributed by atoms with E-state index in [0.29, 0.717) is 6.54 Å². The number of piperazine rings is 1. The molecule has 0 aliphatic carbocycles. The van der Waals surface area contributed by atoms with Gasteiger partial charge in [0.2, 0.25) is 0 Å². The fourth-order valence-corrected chi connectivity index (χ4v) is 3.60. The molecule has 2 aromatic heterocycles. The van der Waals surface area contributed by atoms with Gasteiger partial charge in [-0.25, -0.2) is 15.0 Å². The smallest absolute Gasteiger partial charge is 0.194 e. The number of hydrogen-bond acceptors (Lipinski definition) is 4. The first-order valence-corrected chi connectivity index (χ1v) is 9.86. The lowest BCUT2D eigenvalue weighted by Crippen LogP contribution is -2.52. The molecular formula is C21H27N7. The lowest BCUT2D eigenvalue weighted by atomic mass is 10.3. The zero-order chi connectivity index (χ0) is 19.3. The Balaban J connectivity index is 1.45. The van der Waals surface area contributed by atoms with Gasteiger partial charge >= 0.3 is 0 Å². The van der Waals surface area contributed by atoms with Gasteiger partial charge < -0.3 is 19.7 Å². The number of pyridine rings is 1. The van der Waals surface area contributed by atoms with Crippen LogP contribution in [0, 0.1) is 0 Å². The van der Waals surface area contributed by atoms with Crippen LogP contribution in [0.4, 0.5) is 5.82 Å². The summed E-state index contributed by atoms with van der Waals surface area (Å²) in [5.74, 6) is 2.97. The van der Waals surface area contributed by atoms with Crippen LogP contribution in [0.3, 0.4) is 0 Å². The minimum Gasteiger partial charge on any atom is -0.357 e. The van der Waals surface area contributed by atoms with Crippen molar-refractivity contribution in [2.45, 2.75) is 13.5 Å². The Labute approximate surface area is 165 Å². The number of para-hydroxylation sites is 2. The SMILES string of the molecule is CCNC(=NCc1nc2ccccc2n1C)N1CCN(c2ccccn2)CC1. The molecule has 28 heavy (non-hydrogen) atoms. The van der Waals surface area contributed by atoms with Crippen LogP contribution in [0.1, 0.15) is 12.7 Å². The highest BCUT2D eigenvalue weighted by Gasteiger charge is 2.20. The third kappa shape index (κ3) is 3.78. The van der Waals surface area contributed by atoms with E-state index in [1.165, 1.54) is 0 Å². The second-order valence-corrected chi connectivity index (χ2v) is 6.91. The number of benzene rings is 1. The van der Waals surface area contributed by atoms with E-state index in [1.54, 1.807) is 0 Å². The van der Waals surface area contributed by atoms with Gasteiger partial charge in [-0.2, -0.15) is 0 Å². The van der Waals surface area contributed by atoms with Gasteiger partial charge in [-0.1, -0.05) is 18.2 Å². The summed E-state index contributed by atoms with van der Waals surface area (Å²) >= 11 is 0. The quantitative estimate of drug-likeness (QED) is 0.558. The molecule has 7 heteroatoms. The number of rotatable bonds is 4. The first kappa shape index (κ1) is 18.3. The molecule has 146 valence electrons. The number of hydrogen-bond donors (Lipinski definition) is 1. The minimum absolute atomic E-state index is 0.563. The number of aliphatic imine (C=N–C) groups is 1. The Kier molecular flexibility index (Phi) is 5.41.